The molecule has 5 nitrogen and oxygen atoms in total. The van der Waals surface area contributed by atoms with Crippen molar-refractivity contribution in [3.05, 3.63) is 65.7 Å². The molecule has 1 saturated carbocycles. The molecule has 0 radical (unpaired) electrons. The molecule has 0 saturated heterocycles. The molecule has 0 spiro atoms. The number of benzene rings is 2. The van der Waals surface area contributed by atoms with Gasteiger partial charge in [0.1, 0.15) is 5.75 Å². The van der Waals surface area contributed by atoms with E-state index in [4.69, 9.17) is 9.47 Å². The van der Waals surface area contributed by atoms with Crippen molar-refractivity contribution in [2.45, 2.75) is 39.2 Å². The molecule has 1 fully saturated rings. The third-order valence-electron chi connectivity index (χ3n) is 6.10. The minimum atomic E-state index is -0.533. The van der Waals surface area contributed by atoms with Crippen LogP contribution in [0.15, 0.2) is 54.6 Å². The van der Waals surface area contributed by atoms with Crippen LogP contribution in [-0.4, -0.2) is 31.6 Å². The number of carbonyl (C=O) groups excluding carboxylic acids is 2. The molecule has 0 heterocycles. The van der Waals surface area contributed by atoms with Crippen molar-refractivity contribution in [2.75, 3.05) is 13.7 Å². The van der Waals surface area contributed by atoms with Gasteiger partial charge in [-0.05, 0) is 47.6 Å². The maximum Gasteiger partial charge on any atom is 0.339 e. The van der Waals surface area contributed by atoms with Gasteiger partial charge in [0.2, 0.25) is 0 Å². The van der Waals surface area contributed by atoms with Crippen molar-refractivity contribution in [1.82, 2.24) is 5.32 Å². The number of esters is 1. The van der Waals surface area contributed by atoms with E-state index in [1.165, 1.54) is 6.42 Å². The number of hydrogen-bond acceptors (Lipinski definition) is 4. The zero-order chi connectivity index (χ0) is 22.2. The van der Waals surface area contributed by atoms with Gasteiger partial charge in [-0.2, -0.15) is 0 Å². The summed E-state index contributed by atoms with van der Waals surface area (Å²) >= 11 is 0. The fourth-order valence-electron chi connectivity index (χ4n) is 4.02. The second-order valence-electron chi connectivity index (χ2n) is 8.22. The lowest BCUT2D eigenvalue weighted by Gasteiger charge is -2.34. The van der Waals surface area contributed by atoms with Gasteiger partial charge in [0, 0.05) is 6.04 Å². The molecule has 5 heteroatoms. The van der Waals surface area contributed by atoms with Crippen molar-refractivity contribution < 1.29 is 19.1 Å². The highest BCUT2D eigenvalue weighted by atomic mass is 16.5. The molecule has 1 N–H and O–H groups in total. The van der Waals surface area contributed by atoms with E-state index < -0.39 is 5.97 Å². The number of hydrogen-bond donors (Lipinski definition) is 1. The van der Waals surface area contributed by atoms with Crippen LogP contribution in [0.4, 0.5) is 0 Å². The summed E-state index contributed by atoms with van der Waals surface area (Å²) in [6.45, 7) is 4.10. The minimum Gasteiger partial charge on any atom is -0.497 e. The lowest BCUT2D eigenvalue weighted by atomic mass is 9.78. The number of amides is 1. The van der Waals surface area contributed by atoms with Gasteiger partial charge in [0.15, 0.2) is 6.61 Å². The van der Waals surface area contributed by atoms with Crippen LogP contribution in [0.25, 0.3) is 11.6 Å². The Morgan fingerprint density at radius 3 is 2.58 bits per heavy atom. The first-order valence-electron chi connectivity index (χ1n) is 10.9. The molecular formula is C26H31NO4. The molecule has 0 aromatic heterocycles. The van der Waals surface area contributed by atoms with E-state index in [-0.39, 0.29) is 18.6 Å². The molecule has 0 aliphatic heterocycles. The Morgan fingerprint density at radius 1 is 1.06 bits per heavy atom. The van der Waals surface area contributed by atoms with Gasteiger partial charge in [0.05, 0.1) is 12.7 Å². The normalized spacial score (nSPS) is 21.3. The van der Waals surface area contributed by atoms with Gasteiger partial charge in [-0.15, -0.1) is 0 Å². The molecule has 3 unspecified atom stereocenters. The van der Waals surface area contributed by atoms with E-state index in [0.717, 1.165) is 24.0 Å². The first-order valence-corrected chi connectivity index (χ1v) is 10.9. The molecule has 2 aromatic carbocycles. The standard InChI is InChI=1S/C26H31NO4/c1-18-9-7-14-24(19(18)2)27-25(28)17-31-26(29)23(21-11-5-4-6-12-21)16-20-10-8-13-22(15-20)30-3/h4-6,8,10-13,15-16,18-19,24H,7,9,14,17H2,1-3H3,(H,27,28)/b23-16+. The fourth-order valence-corrected chi connectivity index (χ4v) is 4.02. The van der Waals surface area contributed by atoms with Crippen LogP contribution in [0.1, 0.15) is 44.2 Å². The molecule has 3 rings (SSSR count). The van der Waals surface area contributed by atoms with Crippen molar-refractivity contribution in [1.29, 1.82) is 0 Å². The highest BCUT2D eigenvalue weighted by molar-refractivity contribution is 6.21. The van der Waals surface area contributed by atoms with Crippen LogP contribution < -0.4 is 10.1 Å². The average molecular weight is 422 g/mol. The molecular weight excluding hydrogens is 390 g/mol. The zero-order valence-corrected chi connectivity index (χ0v) is 18.5. The minimum absolute atomic E-state index is 0.135. The Kier molecular flexibility index (Phi) is 7.88. The predicted octanol–water partition coefficient (Wildman–Crippen LogP) is 4.72. The van der Waals surface area contributed by atoms with Crippen LogP contribution >= 0.6 is 0 Å². The summed E-state index contributed by atoms with van der Waals surface area (Å²) in [7, 11) is 1.60. The van der Waals surface area contributed by atoms with Crippen molar-refractivity contribution in [3.63, 3.8) is 0 Å². The number of carbonyl (C=O) groups is 2. The van der Waals surface area contributed by atoms with E-state index >= 15 is 0 Å². The lowest BCUT2D eigenvalue weighted by Crippen LogP contribution is -2.45. The molecule has 1 amide bonds. The topological polar surface area (TPSA) is 64.6 Å². The third kappa shape index (κ3) is 6.20. The Hall–Kier alpha value is -3.08. The Balaban J connectivity index is 1.70. The first kappa shape index (κ1) is 22.6. The van der Waals surface area contributed by atoms with E-state index in [1.807, 2.05) is 54.6 Å². The van der Waals surface area contributed by atoms with E-state index in [0.29, 0.717) is 23.2 Å². The van der Waals surface area contributed by atoms with Gasteiger partial charge in [-0.3, -0.25) is 4.79 Å². The number of rotatable bonds is 7. The molecule has 1 aliphatic carbocycles. The van der Waals surface area contributed by atoms with Crippen LogP contribution in [0, 0.1) is 11.8 Å². The van der Waals surface area contributed by atoms with Crippen LogP contribution in [-0.2, 0) is 14.3 Å². The molecule has 3 atom stereocenters. The van der Waals surface area contributed by atoms with Crippen LogP contribution in [0.3, 0.4) is 0 Å². The smallest absolute Gasteiger partial charge is 0.339 e. The van der Waals surface area contributed by atoms with Gasteiger partial charge in [-0.25, -0.2) is 4.79 Å². The summed E-state index contributed by atoms with van der Waals surface area (Å²) in [6.07, 6.45) is 5.02. The summed E-state index contributed by atoms with van der Waals surface area (Å²) in [5.41, 5.74) is 1.93. The van der Waals surface area contributed by atoms with Crippen molar-refractivity contribution in [3.8, 4) is 5.75 Å². The summed E-state index contributed by atoms with van der Waals surface area (Å²) in [6, 6.07) is 16.9. The fraction of sp³-hybridized carbons (Fsp3) is 0.385. The molecule has 164 valence electrons. The summed E-state index contributed by atoms with van der Waals surface area (Å²) in [5, 5.41) is 3.05. The van der Waals surface area contributed by atoms with Crippen LogP contribution in [0.5, 0.6) is 5.75 Å². The monoisotopic (exact) mass is 421 g/mol. The molecule has 31 heavy (non-hydrogen) atoms. The van der Waals surface area contributed by atoms with Crippen LogP contribution in [0.2, 0.25) is 0 Å². The largest absolute Gasteiger partial charge is 0.497 e. The van der Waals surface area contributed by atoms with Gasteiger partial charge in [0.25, 0.3) is 5.91 Å². The first-order chi connectivity index (χ1) is 15.0. The summed E-state index contributed by atoms with van der Waals surface area (Å²) in [5.74, 6) is 0.908. The quantitative estimate of drug-likeness (QED) is 0.399. The average Bonchev–Trinajstić information content (AvgIpc) is 2.79. The van der Waals surface area contributed by atoms with Gasteiger partial charge >= 0.3 is 5.97 Å². The number of ether oxygens (including phenoxy) is 2. The summed E-state index contributed by atoms with van der Waals surface area (Å²) < 4.78 is 10.7. The Morgan fingerprint density at radius 2 is 1.84 bits per heavy atom. The highest BCUT2D eigenvalue weighted by Gasteiger charge is 2.28. The molecule has 1 aliphatic rings. The molecule has 2 aromatic rings. The van der Waals surface area contributed by atoms with E-state index in [9.17, 15) is 9.59 Å². The van der Waals surface area contributed by atoms with E-state index in [1.54, 1.807) is 13.2 Å². The number of methoxy groups -OCH3 is 1. The van der Waals surface area contributed by atoms with Crippen molar-refractivity contribution in [2.24, 2.45) is 11.8 Å². The second kappa shape index (κ2) is 10.8. The summed E-state index contributed by atoms with van der Waals surface area (Å²) in [4.78, 5) is 25.4. The Bertz CT molecular complexity index is 922. The maximum absolute atomic E-state index is 12.9. The lowest BCUT2D eigenvalue weighted by molar-refractivity contribution is -0.143. The number of nitrogens with one attached hydrogen (secondary N) is 1. The third-order valence-corrected chi connectivity index (χ3v) is 6.10. The second-order valence-corrected chi connectivity index (χ2v) is 8.22. The predicted molar refractivity (Wildman–Crippen MR) is 122 cm³/mol. The highest BCUT2D eigenvalue weighted by Crippen LogP contribution is 2.29. The van der Waals surface area contributed by atoms with Gasteiger partial charge in [-0.1, -0.05) is 69.2 Å². The Labute approximate surface area is 184 Å². The zero-order valence-electron chi connectivity index (χ0n) is 18.5. The van der Waals surface area contributed by atoms with Gasteiger partial charge < -0.3 is 14.8 Å². The molecule has 0 bridgehead atoms. The maximum atomic E-state index is 12.9. The van der Waals surface area contributed by atoms with E-state index in [2.05, 4.69) is 19.2 Å². The van der Waals surface area contributed by atoms with Crippen molar-refractivity contribution >= 4 is 23.5 Å². The SMILES string of the molecule is COc1cccc(/C=C(/C(=O)OCC(=O)NC2CCCC(C)C2C)c2ccccc2)c1.